The summed E-state index contributed by atoms with van der Waals surface area (Å²) in [7, 11) is 1.78. The lowest BCUT2D eigenvalue weighted by Crippen LogP contribution is -2.47. The van der Waals surface area contributed by atoms with Gasteiger partial charge in [0.05, 0.1) is 12.6 Å². The number of benzene rings is 1. The third kappa shape index (κ3) is 5.84. The molecule has 0 unspecified atom stereocenters. The molecule has 0 saturated heterocycles. The lowest BCUT2D eigenvalue weighted by atomic mass is 10.2. The molecule has 2 amide bonds. The van der Waals surface area contributed by atoms with Crippen molar-refractivity contribution in [1.82, 2.24) is 15.1 Å². The van der Waals surface area contributed by atoms with E-state index in [1.54, 1.807) is 29.8 Å². The van der Waals surface area contributed by atoms with Crippen LogP contribution in [0, 0.1) is 0 Å². The number of hydrogen-bond donors (Lipinski definition) is 1. The average Bonchev–Trinajstić information content (AvgIpc) is 2.54. The largest absolute Gasteiger partial charge is 0.351 e. The predicted octanol–water partition coefficient (Wildman–Crippen LogP) is 2.14. The van der Waals surface area contributed by atoms with Crippen LogP contribution in [0.25, 0.3) is 0 Å². The van der Waals surface area contributed by atoms with Crippen molar-refractivity contribution in [2.45, 2.75) is 33.4 Å². The van der Waals surface area contributed by atoms with Gasteiger partial charge in [0.15, 0.2) is 0 Å². The maximum Gasteiger partial charge on any atom is 0.237 e. The fourth-order valence-electron chi connectivity index (χ4n) is 2.20. The minimum absolute atomic E-state index is 0.0308. The Morgan fingerprint density at radius 2 is 1.83 bits per heavy atom. The highest BCUT2D eigenvalue weighted by Crippen LogP contribution is 2.14. The second-order valence-electron chi connectivity index (χ2n) is 5.47. The van der Waals surface area contributed by atoms with Gasteiger partial charge in [-0.25, -0.2) is 0 Å². The Bertz CT molecular complexity index is 532. The first-order valence-electron chi connectivity index (χ1n) is 7.89. The molecule has 23 heavy (non-hydrogen) atoms. The molecule has 1 rings (SSSR count). The monoisotopic (exact) mass is 339 g/mol. The smallest absolute Gasteiger partial charge is 0.237 e. The van der Waals surface area contributed by atoms with E-state index in [4.69, 9.17) is 11.6 Å². The summed E-state index contributed by atoms with van der Waals surface area (Å²) in [5.41, 5.74) is 0.872. The maximum absolute atomic E-state index is 12.2. The first-order chi connectivity index (χ1) is 10.9. The summed E-state index contributed by atoms with van der Waals surface area (Å²) in [5, 5.41) is 3.49. The van der Waals surface area contributed by atoms with E-state index >= 15 is 0 Å². The quantitative estimate of drug-likeness (QED) is 0.789. The van der Waals surface area contributed by atoms with Crippen LogP contribution in [0.1, 0.15) is 26.3 Å². The van der Waals surface area contributed by atoms with Gasteiger partial charge in [0.1, 0.15) is 0 Å². The number of carbonyl (C=O) groups is 2. The van der Waals surface area contributed by atoms with Crippen molar-refractivity contribution in [1.29, 1.82) is 0 Å². The van der Waals surface area contributed by atoms with Gasteiger partial charge in [-0.2, -0.15) is 0 Å². The van der Waals surface area contributed by atoms with E-state index in [2.05, 4.69) is 5.32 Å². The predicted molar refractivity (Wildman–Crippen MR) is 93.3 cm³/mol. The van der Waals surface area contributed by atoms with Crippen molar-refractivity contribution in [2.24, 2.45) is 0 Å². The van der Waals surface area contributed by atoms with Gasteiger partial charge in [0, 0.05) is 24.7 Å². The van der Waals surface area contributed by atoms with Crippen LogP contribution in [0.15, 0.2) is 24.3 Å². The highest BCUT2D eigenvalue weighted by atomic mass is 35.5. The van der Waals surface area contributed by atoms with Crippen LogP contribution < -0.4 is 5.32 Å². The molecule has 6 heteroatoms. The second kappa shape index (κ2) is 9.53. The Labute approximate surface area is 143 Å². The number of amides is 2. The van der Waals surface area contributed by atoms with E-state index in [0.717, 1.165) is 5.56 Å². The standard InChI is InChI=1S/C17H26ClN3O2/c1-5-21(6-2)16(22)12-20(4)13(3)17(23)19-11-14-9-7-8-10-15(14)18/h7-10,13H,5-6,11-12H2,1-4H3,(H,19,23)/t13-/m0/s1. The highest BCUT2D eigenvalue weighted by molar-refractivity contribution is 6.31. The number of likely N-dealkylation sites (N-methyl/N-ethyl adjacent to an activating group) is 2. The number of rotatable bonds is 8. The fraction of sp³-hybridized carbons (Fsp3) is 0.529. The molecular formula is C17H26ClN3O2. The third-order valence-electron chi connectivity index (χ3n) is 3.95. The second-order valence-corrected chi connectivity index (χ2v) is 5.87. The molecule has 0 saturated carbocycles. The van der Waals surface area contributed by atoms with E-state index < -0.39 is 6.04 Å². The molecule has 5 nitrogen and oxygen atoms in total. The molecule has 0 aliphatic heterocycles. The molecule has 0 aliphatic carbocycles. The van der Waals surface area contributed by atoms with Crippen molar-refractivity contribution in [3.63, 3.8) is 0 Å². The first-order valence-corrected chi connectivity index (χ1v) is 8.27. The van der Waals surface area contributed by atoms with Gasteiger partial charge in [-0.1, -0.05) is 29.8 Å². The molecule has 0 radical (unpaired) electrons. The summed E-state index contributed by atoms with van der Waals surface area (Å²) >= 11 is 6.07. The molecule has 1 atom stereocenters. The lowest BCUT2D eigenvalue weighted by molar-refractivity contribution is -0.133. The molecular weight excluding hydrogens is 314 g/mol. The van der Waals surface area contributed by atoms with Crippen LogP contribution in [0.5, 0.6) is 0 Å². The van der Waals surface area contributed by atoms with Crippen LogP contribution >= 0.6 is 11.6 Å². The fourth-order valence-corrected chi connectivity index (χ4v) is 2.40. The van der Waals surface area contributed by atoms with E-state index in [1.165, 1.54) is 0 Å². The minimum atomic E-state index is -0.392. The third-order valence-corrected chi connectivity index (χ3v) is 4.32. The van der Waals surface area contributed by atoms with Gasteiger partial charge in [-0.05, 0) is 39.4 Å². The number of carbonyl (C=O) groups excluding carboxylic acids is 2. The van der Waals surface area contributed by atoms with E-state index in [-0.39, 0.29) is 18.4 Å². The van der Waals surface area contributed by atoms with Crippen LogP contribution in [-0.4, -0.2) is 54.3 Å². The van der Waals surface area contributed by atoms with Gasteiger partial charge in [-0.3, -0.25) is 14.5 Å². The zero-order valence-electron chi connectivity index (χ0n) is 14.3. The van der Waals surface area contributed by atoms with Gasteiger partial charge in [-0.15, -0.1) is 0 Å². The summed E-state index contributed by atoms with van der Waals surface area (Å²) in [6, 6.07) is 7.01. The zero-order chi connectivity index (χ0) is 17.4. The van der Waals surface area contributed by atoms with E-state index in [9.17, 15) is 9.59 Å². The van der Waals surface area contributed by atoms with Crippen LogP contribution in [0.2, 0.25) is 5.02 Å². The Morgan fingerprint density at radius 3 is 2.39 bits per heavy atom. The van der Waals surface area contributed by atoms with Crippen LogP contribution in [-0.2, 0) is 16.1 Å². The Hall–Kier alpha value is -1.59. The number of nitrogens with one attached hydrogen (secondary N) is 1. The summed E-state index contributed by atoms with van der Waals surface area (Å²) < 4.78 is 0. The molecule has 0 bridgehead atoms. The minimum Gasteiger partial charge on any atom is -0.351 e. The Morgan fingerprint density at radius 1 is 1.22 bits per heavy atom. The van der Waals surface area contributed by atoms with Crippen LogP contribution in [0.3, 0.4) is 0 Å². The molecule has 0 spiro atoms. The number of halogens is 1. The summed E-state index contributed by atoms with van der Waals surface area (Å²) in [6.07, 6.45) is 0. The topological polar surface area (TPSA) is 52.7 Å². The number of nitrogens with zero attached hydrogens (tertiary/aromatic N) is 2. The average molecular weight is 340 g/mol. The molecule has 1 aromatic carbocycles. The Balaban J connectivity index is 2.52. The molecule has 1 aromatic rings. The molecule has 128 valence electrons. The molecule has 1 N–H and O–H groups in total. The van der Waals surface area contributed by atoms with Gasteiger partial charge in [0.25, 0.3) is 0 Å². The normalized spacial score (nSPS) is 12.1. The Kier molecular flexibility index (Phi) is 8.06. The molecule has 0 aliphatic rings. The zero-order valence-corrected chi connectivity index (χ0v) is 15.1. The SMILES string of the molecule is CCN(CC)C(=O)CN(C)[C@@H](C)C(=O)NCc1ccccc1Cl. The summed E-state index contributed by atoms with van der Waals surface area (Å²) in [5.74, 6) is -0.0944. The van der Waals surface area contributed by atoms with Crippen molar-refractivity contribution in [3.05, 3.63) is 34.9 Å². The van der Waals surface area contributed by atoms with E-state index in [1.807, 2.05) is 32.0 Å². The van der Waals surface area contributed by atoms with Gasteiger partial charge in [0.2, 0.25) is 11.8 Å². The van der Waals surface area contributed by atoms with Crippen molar-refractivity contribution in [2.75, 3.05) is 26.7 Å². The molecule has 0 aromatic heterocycles. The van der Waals surface area contributed by atoms with Gasteiger partial charge >= 0.3 is 0 Å². The lowest BCUT2D eigenvalue weighted by Gasteiger charge is -2.26. The van der Waals surface area contributed by atoms with Crippen molar-refractivity contribution >= 4 is 23.4 Å². The summed E-state index contributed by atoms with van der Waals surface area (Å²) in [4.78, 5) is 27.8. The molecule has 0 fully saturated rings. The van der Waals surface area contributed by atoms with Gasteiger partial charge < -0.3 is 10.2 Å². The van der Waals surface area contributed by atoms with Crippen molar-refractivity contribution in [3.8, 4) is 0 Å². The molecule has 0 heterocycles. The van der Waals surface area contributed by atoms with Crippen LogP contribution in [0.4, 0.5) is 0 Å². The summed E-state index contributed by atoms with van der Waals surface area (Å²) in [6.45, 7) is 7.63. The first kappa shape index (κ1) is 19.5. The maximum atomic E-state index is 12.2. The number of hydrogen-bond acceptors (Lipinski definition) is 3. The van der Waals surface area contributed by atoms with Crippen molar-refractivity contribution < 1.29 is 9.59 Å². The van der Waals surface area contributed by atoms with E-state index in [0.29, 0.717) is 24.7 Å². The highest BCUT2D eigenvalue weighted by Gasteiger charge is 2.21.